The number of nitrogens with zero attached hydrogens (tertiary/aromatic N) is 1. The molecule has 3 aromatic rings. The Labute approximate surface area is 196 Å². The van der Waals surface area contributed by atoms with Gasteiger partial charge in [-0.05, 0) is 56.2 Å². The van der Waals surface area contributed by atoms with Gasteiger partial charge < -0.3 is 9.64 Å². The lowest BCUT2D eigenvalue weighted by Gasteiger charge is -2.23. The number of carbonyl (C=O) groups is 1. The summed E-state index contributed by atoms with van der Waals surface area (Å²) < 4.78 is 33.2. The van der Waals surface area contributed by atoms with E-state index in [1.165, 1.54) is 12.1 Å². The number of amides is 1. The average molecular weight is 467 g/mol. The summed E-state index contributed by atoms with van der Waals surface area (Å²) >= 11 is 0. The number of ether oxygens (including phenoxy) is 1. The van der Waals surface area contributed by atoms with Crippen LogP contribution in [0.2, 0.25) is 0 Å². The van der Waals surface area contributed by atoms with Crippen LogP contribution in [0, 0.1) is 0 Å². The van der Waals surface area contributed by atoms with E-state index in [-0.39, 0.29) is 17.4 Å². The van der Waals surface area contributed by atoms with E-state index in [0.29, 0.717) is 18.8 Å². The standard InChI is InChI=1S/C26H30N2O4S/c1-26(2,3)27-33(30,31)24-16-14-23(15-17-24)32-20-25(29)28(18-21-10-6-4-7-11-21)19-22-12-8-5-9-13-22/h4-17,27H,18-20H2,1-3H3. The Hall–Kier alpha value is -3.16. The van der Waals surface area contributed by atoms with Crippen molar-refractivity contribution in [3.8, 4) is 5.75 Å². The van der Waals surface area contributed by atoms with Crippen molar-refractivity contribution in [1.29, 1.82) is 0 Å². The number of sulfonamides is 1. The van der Waals surface area contributed by atoms with Crippen molar-refractivity contribution >= 4 is 15.9 Å². The van der Waals surface area contributed by atoms with E-state index in [4.69, 9.17) is 4.74 Å². The maximum Gasteiger partial charge on any atom is 0.261 e. The predicted octanol–water partition coefficient (Wildman–Crippen LogP) is 4.37. The normalized spacial score (nSPS) is 11.7. The van der Waals surface area contributed by atoms with Crippen LogP contribution in [0.25, 0.3) is 0 Å². The maximum atomic E-state index is 13.0. The smallest absolute Gasteiger partial charge is 0.261 e. The molecule has 0 fully saturated rings. The van der Waals surface area contributed by atoms with Crippen LogP contribution in [0.3, 0.4) is 0 Å². The van der Waals surface area contributed by atoms with E-state index in [0.717, 1.165) is 11.1 Å². The molecule has 0 bridgehead atoms. The lowest BCUT2D eigenvalue weighted by molar-refractivity contribution is -0.134. The van der Waals surface area contributed by atoms with Crippen LogP contribution in [0.1, 0.15) is 31.9 Å². The molecule has 0 saturated carbocycles. The van der Waals surface area contributed by atoms with Crippen molar-refractivity contribution in [1.82, 2.24) is 9.62 Å². The third-order valence-electron chi connectivity index (χ3n) is 4.72. The molecule has 33 heavy (non-hydrogen) atoms. The number of rotatable bonds is 9. The minimum absolute atomic E-state index is 0.144. The highest BCUT2D eigenvalue weighted by molar-refractivity contribution is 7.89. The molecule has 1 N–H and O–H groups in total. The molecule has 0 aromatic heterocycles. The van der Waals surface area contributed by atoms with E-state index in [9.17, 15) is 13.2 Å². The van der Waals surface area contributed by atoms with E-state index >= 15 is 0 Å². The molecule has 7 heteroatoms. The number of benzene rings is 3. The molecule has 0 radical (unpaired) electrons. The quantitative estimate of drug-likeness (QED) is 0.508. The van der Waals surface area contributed by atoms with Gasteiger partial charge in [0.15, 0.2) is 6.61 Å². The number of hydrogen-bond acceptors (Lipinski definition) is 4. The van der Waals surface area contributed by atoms with Crippen LogP contribution in [0.5, 0.6) is 5.75 Å². The summed E-state index contributed by atoms with van der Waals surface area (Å²) in [6, 6.07) is 25.7. The highest BCUT2D eigenvalue weighted by Crippen LogP contribution is 2.18. The third-order valence-corrected chi connectivity index (χ3v) is 6.50. The Morgan fingerprint density at radius 1 is 0.818 bits per heavy atom. The molecule has 0 aliphatic rings. The van der Waals surface area contributed by atoms with Crippen LogP contribution in [-0.4, -0.2) is 31.4 Å². The first-order valence-corrected chi connectivity index (χ1v) is 12.2. The van der Waals surface area contributed by atoms with Crippen LogP contribution < -0.4 is 9.46 Å². The van der Waals surface area contributed by atoms with Gasteiger partial charge in [0.05, 0.1) is 4.90 Å². The highest BCUT2D eigenvalue weighted by atomic mass is 32.2. The van der Waals surface area contributed by atoms with Gasteiger partial charge in [-0.25, -0.2) is 13.1 Å². The number of hydrogen-bond donors (Lipinski definition) is 1. The Balaban J connectivity index is 1.66. The Morgan fingerprint density at radius 2 is 1.30 bits per heavy atom. The Kier molecular flexibility index (Phi) is 7.89. The molecule has 0 heterocycles. The zero-order chi connectivity index (χ0) is 23.9. The average Bonchev–Trinajstić information content (AvgIpc) is 2.77. The molecular weight excluding hydrogens is 436 g/mol. The molecule has 0 unspecified atom stereocenters. The lowest BCUT2D eigenvalue weighted by Crippen LogP contribution is -2.40. The summed E-state index contributed by atoms with van der Waals surface area (Å²) in [5, 5.41) is 0. The summed E-state index contributed by atoms with van der Waals surface area (Å²) in [5.74, 6) is 0.270. The summed E-state index contributed by atoms with van der Waals surface area (Å²) in [7, 11) is -3.63. The third kappa shape index (κ3) is 7.73. The lowest BCUT2D eigenvalue weighted by atomic mass is 10.1. The number of carbonyl (C=O) groups excluding carboxylic acids is 1. The predicted molar refractivity (Wildman–Crippen MR) is 129 cm³/mol. The van der Waals surface area contributed by atoms with Gasteiger partial charge in [-0.1, -0.05) is 60.7 Å². The summed E-state index contributed by atoms with van der Waals surface area (Å²) in [5.41, 5.74) is 1.48. The first-order valence-electron chi connectivity index (χ1n) is 10.7. The van der Waals surface area contributed by atoms with Crippen LogP contribution in [0.15, 0.2) is 89.8 Å². The van der Waals surface area contributed by atoms with Crippen molar-refractivity contribution in [2.45, 2.75) is 44.3 Å². The summed E-state index contributed by atoms with van der Waals surface area (Å²) in [4.78, 5) is 14.9. The van der Waals surface area contributed by atoms with Crippen LogP contribution >= 0.6 is 0 Å². The van der Waals surface area contributed by atoms with Gasteiger partial charge >= 0.3 is 0 Å². The first kappa shape index (κ1) is 24.5. The minimum atomic E-state index is -3.63. The van der Waals surface area contributed by atoms with E-state index in [2.05, 4.69) is 4.72 Å². The molecular formula is C26H30N2O4S. The fourth-order valence-electron chi connectivity index (χ4n) is 3.25. The molecule has 0 aliphatic carbocycles. The van der Waals surface area contributed by atoms with Crippen molar-refractivity contribution < 1.29 is 17.9 Å². The Bertz CT molecular complexity index is 1100. The summed E-state index contributed by atoms with van der Waals surface area (Å²) in [6.07, 6.45) is 0. The van der Waals surface area contributed by atoms with Gasteiger partial charge in [-0.3, -0.25) is 4.79 Å². The number of nitrogens with one attached hydrogen (secondary N) is 1. The van der Waals surface area contributed by atoms with Crippen molar-refractivity contribution in [3.05, 3.63) is 96.1 Å². The minimum Gasteiger partial charge on any atom is -0.484 e. The largest absolute Gasteiger partial charge is 0.484 e. The zero-order valence-corrected chi connectivity index (χ0v) is 20.0. The van der Waals surface area contributed by atoms with Gasteiger partial charge in [0.25, 0.3) is 5.91 Å². The van der Waals surface area contributed by atoms with Crippen molar-refractivity contribution in [2.75, 3.05) is 6.61 Å². The molecule has 6 nitrogen and oxygen atoms in total. The van der Waals surface area contributed by atoms with Gasteiger partial charge in [0, 0.05) is 18.6 Å². The van der Waals surface area contributed by atoms with Gasteiger partial charge in [-0.15, -0.1) is 0 Å². The molecule has 0 saturated heterocycles. The monoisotopic (exact) mass is 466 g/mol. The van der Waals surface area contributed by atoms with Crippen molar-refractivity contribution in [2.24, 2.45) is 0 Å². The second-order valence-corrected chi connectivity index (χ2v) is 10.5. The second-order valence-electron chi connectivity index (χ2n) is 8.84. The van der Waals surface area contributed by atoms with Gasteiger partial charge in [-0.2, -0.15) is 0 Å². The van der Waals surface area contributed by atoms with E-state index in [1.807, 2.05) is 60.7 Å². The first-order chi connectivity index (χ1) is 15.6. The van der Waals surface area contributed by atoms with E-state index in [1.54, 1.807) is 37.8 Å². The molecule has 1 amide bonds. The molecule has 3 rings (SSSR count). The van der Waals surface area contributed by atoms with Gasteiger partial charge in [0.1, 0.15) is 5.75 Å². The molecule has 0 aliphatic heterocycles. The van der Waals surface area contributed by atoms with Gasteiger partial charge in [0.2, 0.25) is 10.0 Å². The fraction of sp³-hybridized carbons (Fsp3) is 0.269. The SMILES string of the molecule is CC(C)(C)NS(=O)(=O)c1ccc(OCC(=O)N(Cc2ccccc2)Cc2ccccc2)cc1. The topological polar surface area (TPSA) is 75.7 Å². The fourth-order valence-corrected chi connectivity index (χ4v) is 4.67. The Morgan fingerprint density at radius 3 is 1.76 bits per heavy atom. The zero-order valence-electron chi connectivity index (χ0n) is 19.2. The highest BCUT2D eigenvalue weighted by Gasteiger charge is 2.22. The molecule has 3 aromatic carbocycles. The van der Waals surface area contributed by atoms with Crippen molar-refractivity contribution in [3.63, 3.8) is 0 Å². The summed E-state index contributed by atoms with van der Waals surface area (Å²) in [6.45, 7) is 6.13. The molecule has 0 atom stereocenters. The molecule has 0 spiro atoms. The van der Waals surface area contributed by atoms with Crippen LogP contribution in [0.4, 0.5) is 0 Å². The maximum absolute atomic E-state index is 13.0. The van der Waals surface area contributed by atoms with Crippen LogP contribution in [-0.2, 0) is 27.9 Å². The second kappa shape index (κ2) is 10.6. The molecule has 174 valence electrons. The van der Waals surface area contributed by atoms with E-state index < -0.39 is 15.6 Å².